The van der Waals surface area contributed by atoms with Gasteiger partial charge in [-0.25, -0.2) is 9.68 Å². The molecular formula is C6H11NO4. The minimum Gasteiger partial charge on any atom is -0.465 e. The molecule has 0 radical (unpaired) electrons. The van der Waals surface area contributed by atoms with Crippen molar-refractivity contribution in [3.63, 3.8) is 0 Å². The predicted molar refractivity (Wildman–Crippen MR) is 36.3 cm³/mol. The van der Waals surface area contributed by atoms with Crippen LogP contribution in [0.25, 0.3) is 0 Å². The van der Waals surface area contributed by atoms with Gasteiger partial charge in [-0.1, -0.05) is 0 Å². The largest absolute Gasteiger partial charge is 0.465 e. The second-order valence-electron chi connectivity index (χ2n) is 2.57. The monoisotopic (exact) mass is 161 g/mol. The van der Waals surface area contributed by atoms with E-state index in [0.29, 0.717) is 6.54 Å². The Labute approximate surface area is 64.1 Å². The fraction of sp³-hybridized carbons (Fsp3) is 0.833. The number of amides is 1. The highest BCUT2D eigenvalue weighted by molar-refractivity contribution is 5.65. The molecule has 0 saturated carbocycles. The van der Waals surface area contributed by atoms with Crippen molar-refractivity contribution in [3.8, 4) is 0 Å². The number of carboxylic acid groups (broad SMARTS) is 1. The van der Waals surface area contributed by atoms with Gasteiger partial charge < -0.3 is 10.0 Å². The summed E-state index contributed by atoms with van der Waals surface area (Å²) in [6.45, 7) is 0.621. The van der Waals surface area contributed by atoms with Crippen molar-refractivity contribution in [3.05, 3.63) is 0 Å². The van der Waals surface area contributed by atoms with E-state index in [1.54, 1.807) is 0 Å². The lowest BCUT2D eigenvalue weighted by molar-refractivity contribution is -0.249. The minimum atomic E-state index is -0.940. The van der Waals surface area contributed by atoms with Gasteiger partial charge in [0.2, 0.25) is 0 Å². The molecule has 1 atom stereocenters. The van der Waals surface area contributed by atoms with E-state index in [2.05, 4.69) is 4.89 Å². The van der Waals surface area contributed by atoms with Crippen molar-refractivity contribution in [2.75, 3.05) is 13.2 Å². The summed E-state index contributed by atoms with van der Waals surface area (Å²) in [7, 11) is 0. The molecule has 1 amide bonds. The van der Waals surface area contributed by atoms with Gasteiger partial charge in [0.1, 0.15) is 6.61 Å². The zero-order valence-corrected chi connectivity index (χ0v) is 6.06. The van der Waals surface area contributed by atoms with Crippen LogP contribution in [0.15, 0.2) is 0 Å². The topological polar surface area (TPSA) is 70.0 Å². The van der Waals surface area contributed by atoms with Gasteiger partial charge in [0.05, 0.1) is 6.04 Å². The molecule has 0 bridgehead atoms. The maximum absolute atomic E-state index is 10.5. The number of hydrogen-bond acceptors (Lipinski definition) is 3. The minimum absolute atomic E-state index is 0.0757. The van der Waals surface area contributed by atoms with E-state index in [0.717, 1.165) is 12.8 Å². The summed E-state index contributed by atoms with van der Waals surface area (Å²) in [5.74, 6) is 0. The van der Waals surface area contributed by atoms with Crippen molar-refractivity contribution in [2.24, 2.45) is 0 Å². The van der Waals surface area contributed by atoms with Crippen molar-refractivity contribution < 1.29 is 20.0 Å². The van der Waals surface area contributed by atoms with Gasteiger partial charge in [-0.05, 0) is 12.8 Å². The van der Waals surface area contributed by atoms with E-state index in [1.807, 2.05) is 0 Å². The quantitative estimate of drug-likeness (QED) is 0.460. The lowest BCUT2D eigenvalue weighted by Crippen LogP contribution is -2.36. The van der Waals surface area contributed by atoms with Gasteiger partial charge in [-0.3, -0.25) is 5.26 Å². The lowest BCUT2D eigenvalue weighted by atomic mass is 10.2. The molecule has 1 fully saturated rings. The van der Waals surface area contributed by atoms with Crippen LogP contribution in [0.1, 0.15) is 12.8 Å². The smallest absolute Gasteiger partial charge is 0.407 e. The number of carbonyl (C=O) groups is 1. The number of likely N-dealkylation sites (tertiary alicyclic amines) is 1. The average molecular weight is 161 g/mol. The summed E-state index contributed by atoms with van der Waals surface area (Å²) < 4.78 is 0. The first kappa shape index (κ1) is 8.29. The van der Waals surface area contributed by atoms with Crippen LogP contribution in [0.2, 0.25) is 0 Å². The standard InChI is InChI=1S/C6H11NO4/c8-6(9)7-3-1-2-5(7)4-11-10/h5,10H,1-4H2,(H,8,9)/t5-/m0/s1. The van der Waals surface area contributed by atoms with Crippen LogP contribution in [0.4, 0.5) is 4.79 Å². The molecule has 0 aromatic rings. The summed E-state index contributed by atoms with van der Waals surface area (Å²) >= 11 is 0. The highest BCUT2D eigenvalue weighted by Crippen LogP contribution is 2.16. The molecule has 2 N–H and O–H groups in total. The third-order valence-electron chi connectivity index (χ3n) is 1.89. The summed E-state index contributed by atoms with van der Waals surface area (Å²) in [6, 6.07) is -0.169. The van der Waals surface area contributed by atoms with Gasteiger partial charge in [0.15, 0.2) is 0 Å². The van der Waals surface area contributed by atoms with E-state index in [1.165, 1.54) is 4.90 Å². The molecule has 0 spiro atoms. The number of nitrogens with zero attached hydrogens (tertiary/aromatic N) is 1. The van der Waals surface area contributed by atoms with Crippen molar-refractivity contribution in [1.29, 1.82) is 0 Å². The summed E-state index contributed by atoms with van der Waals surface area (Å²) in [5, 5.41) is 16.7. The van der Waals surface area contributed by atoms with Crippen LogP contribution in [-0.2, 0) is 4.89 Å². The highest BCUT2D eigenvalue weighted by Gasteiger charge is 2.28. The van der Waals surface area contributed by atoms with Gasteiger partial charge in [0.25, 0.3) is 0 Å². The molecule has 1 aliphatic heterocycles. The fourth-order valence-electron chi connectivity index (χ4n) is 1.35. The van der Waals surface area contributed by atoms with Gasteiger partial charge in [-0.15, -0.1) is 0 Å². The van der Waals surface area contributed by atoms with Gasteiger partial charge in [0, 0.05) is 6.54 Å². The number of hydrogen-bond donors (Lipinski definition) is 2. The third-order valence-corrected chi connectivity index (χ3v) is 1.89. The average Bonchev–Trinajstić information content (AvgIpc) is 2.36. The molecule has 1 heterocycles. The summed E-state index contributed by atoms with van der Waals surface area (Å²) in [6.07, 6.45) is 0.678. The first-order chi connectivity index (χ1) is 5.25. The van der Waals surface area contributed by atoms with Crippen LogP contribution in [0.3, 0.4) is 0 Å². The Balaban J connectivity index is 2.44. The molecule has 1 rings (SSSR count). The Morgan fingerprint density at radius 1 is 1.73 bits per heavy atom. The van der Waals surface area contributed by atoms with Gasteiger partial charge >= 0.3 is 6.09 Å². The molecule has 0 aromatic carbocycles. The van der Waals surface area contributed by atoms with Crippen molar-refractivity contribution >= 4 is 6.09 Å². The predicted octanol–water partition coefficient (Wildman–Crippen LogP) is 0.618. The molecule has 0 unspecified atom stereocenters. The van der Waals surface area contributed by atoms with E-state index in [4.69, 9.17) is 10.4 Å². The molecule has 5 heteroatoms. The van der Waals surface area contributed by atoms with Crippen LogP contribution in [0.5, 0.6) is 0 Å². The fourth-order valence-corrected chi connectivity index (χ4v) is 1.35. The first-order valence-corrected chi connectivity index (χ1v) is 3.51. The zero-order valence-electron chi connectivity index (χ0n) is 6.06. The normalized spacial score (nSPS) is 24.1. The van der Waals surface area contributed by atoms with E-state index < -0.39 is 6.09 Å². The molecule has 0 aliphatic carbocycles. The summed E-state index contributed by atoms with van der Waals surface area (Å²) in [5.41, 5.74) is 0. The van der Waals surface area contributed by atoms with Crippen LogP contribution < -0.4 is 0 Å². The SMILES string of the molecule is O=C(O)N1CCC[C@H]1COO. The summed E-state index contributed by atoms with van der Waals surface area (Å²) in [4.78, 5) is 15.7. The highest BCUT2D eigenvalue weighted by atomic mass is 17.1. The Morgan fingerprint density at radius 2 is 2.45 bits per heavy atom. The van der Waals surface area contributed by atoms with E-state index in [-0.39, 0.29) is 12.6 Å². The van der Waals surface area contributed by atoms with Crippen LogP contribution in [-0.4, -0.2) is 40.6 Å². The molecule has 5 nitrogen and oxygen atoms in total. The lowest BCUT2D eigenvalue weighted by Gasteiger charge is -2.19. The second kappa shape index (κ2) is 3.54. The molecule has 64 valence electrons. The molecule has 1 aliphatic rings. The van der Waals surface area contributed by atoms with Crippen molar-refractivity contribution in [1.82, 2.24) is 4.90 Å². The molecule has 11 heavy (non-hydrogen) atoms. The third kappa shape index (κ3) is 1.81. The zero-order chi connectivity index (χ0) is 8.27. The Morgan fingerprint density at radius 3 is 3.00 bits per heavy atom. The molecular weight excluding hydrogens is 150 g/mol. The Kier molecular flexibility index (Phi) is 2.67. The number of rotatable bonds is 2. The molecule has 1 saturated heterocycles. The van der Waals surface area contributed by atoms with E-state index >= 15 is 0 Å². The Bertz CT molecular complexity index is 150. The van der Waals surface area contributed by atoms with Crippen LogP contribution >= 0.6 is 0 Å². The maximum Gasteiger partial charge on any atom is 0.407 e. The maximum atomic E-state index is 10.5. The second-order valence-corrected chi connectivity index (χ2v) is 2.57. The van der Waals surface area contributed by atoms with Gasteiger partial charge in [-0.2, -0.15) is 0 Å². The van der Waals surface area contributed by atoms with E-state index in [9.17, 15) is 4.79 Å². The van der Waals surface area contributed by atoms with Crippen LogP contribution in [0, 0.1) is 0 Å². The Hall–Kier alpha value is -0.810. The van der Waals surface area contributed by atoms with Crippen molar-refractivity contribution in [2.45, 2.75) is 18.9 Å². The molecule has 0 aromatic heterocycles. The first-order valence-electron chi connectivity index (χ1n) is 3.51.